The first-order chi connectivity index (χ1) is 7.56. The molecule has 0 rings (SSSR count). The van der Waals surface area contributed by atoms with Gasteiger partial charge in [-0.15, -0.1) is 0 Å². The van der Waals surface area contributed by atoms with Crippen LogP contribution in [0.5, 0.6) is 0 Å². The Hall–Kier alpha value is -0.810. The van der Waals surface area contributed by atoms with Crippen LogP contribution in [0.2, 0.25) is 0 Å². The molecule has 2 amide bonds. The topological polar surface area (TPSA) is 70.6 Å². The van der Waals surface area contributed by atoms with Gasteiger partial charge < -0.3 is 20.5 Å². The van der Waals surface area contributed by atoms with E-state index in [1.54, 1.807) is 6.92 Å². The minimum atomic E-state index is -0.245. The fourth-order valence-electron chi connectivity index (χ4n) is 1.02. The van der Waals surface area contributed by atoms with Gasteiger partial charge in [0.05, 0.1) is 12.6 Å². The average Bonchev–Trinajstić information content (AvgIpc) is 2.22. The van der Waals surface area contributed by atoms with Crippen LogP contribution >= 0.6 is 0 Å². The lowest BCUT2D eigenvalue weighted by Crippen LogP contribution is -2.42. The van der Waals surface area contributed by atoms with Gasteiger partial charge in [-0.2, -0.15) is 0 Å². The normalized spacial score (nSPS) is 12.6. The van der Waals surface area contributed by atoms with Gasteiger partial charge in [-0.25, -0.2) is 4.79 Å². The van der Waals surface area contributed by atoms with Gasteiger partial charge in [0.15, 0.2) is 0 Å². The van der Waals surface area contributed by atoms with Gasteiger partial charge >= 0.3 is 6.03 Å². The number of carbonyl (C=O) groups is 1. The third-order valence-electron chi connectivity index (χ3n) is 1.85. The molecule has 0 saturated carbocycles. The quantitative estimate of drug-likeness (QED) is 0.540. The van der Waals surface area contributed by atoms with E-state index in [0.29, 0.717) is 19.1 Å². The van der Waals surface area contributed by atoms with Crippen molar-refractivity contribution in [2.24, 2.45) is 5.92 Å². The Kier molecular flexibility index (Phi) is 8.94. The first kappa shape index (κ1) is 15.2. The molecule has 1 atom stereocenters. The first-order valence-electron chi connectivity index (χ1n) is 5.79. The second-order valence-corrected chi connectivity index (χ2v) is 4.31. The Morgan fingerprint density at radius 2 is 2.06 bits per heavy atom. The van der Waals surface area contributed by atoms with E-state index in [1.165, 1.54) is 0 Å². The molecule has 0 aliphatic rings. The van der Waals surface area contributed by atoms with Crippen molar-refractivity contribution in [3.05, 3.63) is 0 Å². The minimum absolute atomic E-state index is 0.0507. The summed E-state index contributed by atoms with van der Waals surface area (Å²) >= 11 is 0. The average molecular weight is 232 g/mol. The molecule has 0 aromatic rings. The number of hydrogen-bond donors (Lipinski definition) is 3. The van der Waals surface area contributed by atoms with Crippen molar-refractivity contribution in [1.29, 1.82) is 0 Å². The molecule has 0 aromatic carbocycles. The molecule has 0 aliphatic heterocycles. The Balaban J connectivity index is 3.28. The van der Waals surface area contributed by atoms with E-state index in [4.69, 9.17) is 9.84 Å². The van der Waals surface area contributed by atoms with Gasteiger partial charge in [-0.3, -0.25) is 0 Å². The molecule has 0 fully saturated rings. The van der Waals surface area contributed by atoms with Crippen LogP contribution in [0.25, 0.3) is 0 Å². The maximum absolute atomic E-state index is 11.2. The minimum Gasteiger partial charge on any atom is -0.394 e. The molecule has 0 aliphatic carbocycles. The van der Waals surface area contributed by atoms with Crippen molar-refractivity contribution in [3.8, 4) is 0 Å². The van der Waals surface area contributed by atoms with E-state index in [0.717, 1.165) is 13.0 Å². The molecule has 5 heteroatoms. The van der Waals surface area contributed by atoms with Crippen LogP contribution in [0, 0.1) is 5.92 Å². The first-order valence-corrected chi connectivity index (χ1v) is 5.79. The van der Waals surface area contributed by atoms with Crippen LogP contribution in [0.4, 0.5) is 4.79 Å². The standard InChI is InChI=1S/C11H24N2O3/c1-9(2)8-16-6-4-5-12-11(15)13-10(3)7-14/h9-10,14H,4-8H2,1-3H3,(H2,12,13,15). The summed E-state index contributed by atoms with van der Waals surface area (Å²) in [6, 6.07) is -0.456. The molecule has 0 aromatic heterocycles. The van der Waals surface area contributed by atoms with E-state index >= 15 is 0 Å². The van der Waals surface area contributed by atoms with E-state index in [9.17, 15) is 4.79 Å². The molecular weight excluding hydrogens is 208 g/mol. The zero-order chi connectivity index (χ0) is 12.4. The molecule has 96 valence electrons. The van der Waals surface area contributed by atoms with Gasteiger partial charge in [0.2, 0.25) is 0 Å². The summed E-state index contributed by atoms with van der Waals surface area (Å²) in [6.07, 6.45) is 0.799. The fraction of sp³-hybridized carbons (Fsp3) is 0.909. The Bertz CT molecular complexity index is 186. The van der Waals surface area contributed by atoms with Gasteiger partial charge in [0.25, 0.3) is 0 Å². The number of carbonyl (C=O) groups excluding carboxylic acids is 1. The maximum atomic E-state index is 11.2. The predicted molar refractivity (Wildman–Crippen MR) is 63.4 cm³/mol. The summed E-state index contributed by atoms with van der Waals surface area (Å²) < 4.78 is 5.37. The summed E-state index contributed by atoms with van der Waals surface area (Å²) in [7, 11) is 0. The highest BCUT2D eigenvalue weighted by Gasteiger charge is 2.04. The van der Waals surface area contributed by atoms with Gasteiger partial charge in [0, 0.05) is 19.8 Å². The Labute approximate surface area is 97.6 Å². The van der Waals surface area contributed by atoms with Crippen LogP contribution in [-0.2, 0) is 4.74 Å². The molecule has 1 unspecified atom stereocenters. The van der Waals surface area contributed by atoms with Crippen molar-refractivity contribution in [1.82, 2.24) is 10.6 Å². The summed E-state index contributed by atoms with van der Waals surface area (Å²) in [5, 5.41) is 14.0. The van der Waals surface area contributed by atoms with Crippen LogP contribution in [0.15, 0.2) is 0 Å². The van der Waals surface area contributed by atoms with Crippen LogP contribution in [0.1, 0.15) is 27.2 Å². The molecule has 0 bridgehead atoms. The number of aliphatic hydroxyl groups excluding tert-OH is 1. The smallest absolute Gasteiger partial charge is 0.315 e. The van der Waals surface area contributed by atoms with E-state index in [1.807, 2.05) is 0 Å². The monoisotopic (exact) mass is 232 g/mol. The molecule has 16 heavy (non-hydrogen) atoms. The van der Waals surface area contributed by atoms with Crippen LogP contribution in [0.3, 0.4) is 0 Å². The van der Waals surface area contributed by atoms with Crippen molar-refractivity contribution in [3.63, 3.8) is 0 Å². The third-order valence-corrected chi connectivity index (χ3v) is 1.85. The highest BCUT2D eigenvalue weighted by Crippen LogP contribution is 1.92. The van der Waals surface area contributed by atoms with Crippen LogP contribution in [-0.4, -0.2) is 43.5 Å². The van der Waals surface area contributed by atoms with E-state index in [2.05, 4.69) is 24.5 Å². The lowest BCUT2D eigenvalue weighted by molar-refractivity contribution is 0.108. The van der Waals surface area contributed by atoms with Crippen molar-refractivity contribution in [2.75, 3.05) is 26.4 Å². The van der Waals surface area contributed by atoms with Crippen molar-refractivity contribution in [2.45, 2.75) is 33.2 Å². The molecule has 3 N–H and O–H groups in total. The Morgan fingerprint density at radius 1 is 1.38 bits per heavy atom. The fourth-order valence-corrected chi connectivity index (χ4v) is 1.02. The molecule has 0 heterocycles. The summed E-state index contributed by atoms with van der Waals surface area (Å²) in [4.78, 5) is 11.2. The predicted octanol–water partition coefficient (Wildman–Crippen LogP) is 0.729. The maximum Gasteiger partial charge on any atom is 0.315 e. The lowest BCUT2D eigenvalue weighted by Gasteiger charge is -2.12. The molecule has 5 nitrogen and oxygen atoms in total. The molecule has 0 saturated heterocycles. The summed E-state index contributed by atoms with van der Waals surface area (Å²) in [5.74, 6) is 0.543. The number of ether oxygens (including phenoxy) is 1. The number of amides is 2. The van der Waals surface area contributed by atoms with Crippen LogP contribution < -0.4 is 10.6 Å². The number of aliphatic hydroxyl groups is 1. The second-order valence-electron chi connectivity index (χ2n) is 4.31. The second kappa shape index (κ2) is 9.42. The largest absolute Gasteiger partial charge is 0.394 e. The molecule has 0 spiro atoms. The number of urea groups is 1. The SMILES string of the molecule is CC(C)COCCCNC(=O)NC(C)CO. The van der Waals surface area contributed by atoms with Crippen molar-refractivity contribution >= 4 is 6.03 Å². The van der Waals surface area contributed by atoms with Gasteiger partial charge in [-0.1, -0.05) is 13.8 Å². The Morgan fingerprint density at radius 3 is 2.62 bits per heavy atom. The van der Waals surface area contributed by atoms with E-state index in [-0.39, 0.29) is 18.7 Å². The van der Waals surface area contributed by atoms with Gasteiger partial charge in [0.1, 0.15) is 0 Å². The zero-order valence-electron chi connectivity index (χ0n) is 10.5. The third kappa shape index (κ3) is 9.73. The van der Waals surface area contributed by atoms with Crippen molar-refractivity contribution < 1.29 is 14.6 Å². The number of nitrogens with one attached hydrogen (secondary N) is 2. The summed E-state index contributed by atoms with van der Waals surface area (Å²) in [5.41, 5.74) is 0. The number of rotatable bonds is 8. The summed E-state index contributed by atoms with van der Waals surface area (Å²) in [6.45, 7) is 7.89. The van der Waals surface area contributed by atoms with Gasteiger partial charge in [-0.05, 0) is 19.3 Å². The molecule has 0 radical (unpaired) electrons. The number of hydrogen-bond acceptors (Lipinski definition) is 3. The van der Waals surface area contributed by atoms with E-state index < -0.39 is 0 Å². The highest BCUT2D eigenvalue weighted by atomic mass is 16.5. The molecular formula is C11H24N2O3. The highest BCUT2D eigenvalue weighted by molar-refractivity contribution is 5.74. The lowest BCUT2D eigenvalue weighted by atomic mass is 10.2. The zero-order valence-corrected chi connectivity index (χ0v) is 10.5.